The van der Waals surface area contributed by atoms with E-state index < -0.39 is 22.4 Å². The van der Waals surface area contributed by atoms with E-state index >= 15 is 0 Å². The van der Waals surface area contributed by atoms with Gasteiger partial charge in [-0.1, -0.05) is 137 Å². The highest BCUT2D eigenvalue weighted by Gasteiger charge is 2.51. The summed E-state index contributed by atoms with van der Waals surface area (Å²) < 4.78 is 28.3. The molecule has 4 nitrogen and oxygen atoms in total. The zero-order valence-electron chi connectivity index (χ0n) is 27.9. The van der Waals surface area contributed by atoms with Crippen LogP contribution in [0.3, 0.4) is 0 Å². The van der Waals surface area contributed by atoms with E-state index in [-0.39, 0.29) is 34.5 Å². The Kier molecular flexibility index (Phi) is 12.0. The van der Waals surface area contributed by atoms with Crippen molar-refractivity contribution in [2.24, 2.45) is 0 Å². The lowest BCUT2D eigenvalue weighted by atomic mass is 10.1. The molecule has 1 aliphatic rings. The highest BCUT2D eigenvalue weighted by molar-refractivity contribution is 14.1. The summed E-state index contributed by atoms with van der Waals surface area (Å²) >= 11 is 2.43. The minimum atomic E-state index is -2.62. The van der Waals surface area contributed by atoms with Crippen LogP contribution >= 0.6 is 22.6 Å². The van der Waals surface area contributed by atoms with Crippen molar-refractivity contribution >= 4 is 49.6 Å². The lowest BCUT2D eigenvalue weighted by Crippen LogP contribution is -2.67. The van der Waals surface area contributed by atoms with Gasteiger partial charge >= 0.3 is 0 Å². The second kappa shape index (κ2) is 14.1. The number of alkyl halides is 1. The smallest absolute Gasteiger partial charge is 0.261 e. The second-order valence-corrected chi connectivity index (χ2v) is 24.8. The van der Waals surface area contributed by atoms with E-state index in [1.165, 1.54) is 10.4 Å². The SMILES string of the molecule is C[C@H](CC=CC(O[Si](C)(C)C(C)(C)C)[C@H]1OC(C)(C)O[C@H]1CCI)O[Si](c1ccccc1)(c1ccccc1)C(C)(C)C. The van der Waals surface area contributed by atoms with Gasteiger partial charge in [0.25, 0.3) is 8.32 Å². The monoisotopic (exact) mass is 722 g/mol. The molecule has 42 heavy (non-hydrogen) atoms. The quantitative estimate of drug-likeness (QED) is 0.0952. The first-order valence-electron chi connectivity index (χ1n) is 15.5. The largest absolute Gasteiger partial charge is 0.408 e. The Morgan fingerprint density at radius 1 is 0.857 bits per heavy atom. The highest BCUT2D eigenvalue weighted by atomic mass is 127. The number of rotatable bonds is 12. The van der Waals surface area contributed by atoms with E-state index in [4.69, 9.17) is 18.3 Å². The highest BCUT2D eigenvalue weighted by Crippen LogP contribution is 2.41. The molecule has 0 radical (unpaired) electrons. The molecule has 1 heterocycles. The van der Waals surface area contributed by atoms with Crippen LogP contribution in [0.25, 0.3) is 0 Å². The maximum absolute atomic E-state index is 7.33. The van der Waals surface area contributed by atoms with Crippen molar-refractivity contribution in [1.29, 1.82) is 0 Å². The van der Waals surface area contributed by atoms with Crippen molar-refractivity contribution in [3.05, 3.63) is 72.8 Å². The van der Waals surface area contributed by atoms with Crippen LogP contribution in [0.2, 0.25) is 23.2 Å². The van der Waals surface area contributed by atoms with Gasteiger partial charge in [-0.2, -0.15) is 0 Å². The molecule has 0 N–H and O–H groups in total. The van der Waals surface area contributed by atoms with Gasteiger partial charge in [0, 0.05) is 10.5 Å². The van der Waals surface area contributed by atoms with Crippen molar-refractivity contribution in [1.82, 2.24) is 0 Å². The Hall–Kier alpha value is -0.816. The Labute approximate surface area is 272 Å². The molecule has 1 saturated heterocycles. The van der Waals surface area contributed by atoms with E-state index in [1.807, 2.05) is 13.8 Å². The Morgan fingerprint density at radius 2 is 1.38 bits per heavy atom. The van der Waals surface area contributed by atoms with Gasteiger partial charge in [-0.3, -0.25) is 0 Å². The first-order chi connectivity index (χ1) is 19.4. The molecule has 7 heteroatoms. The Bertz CT molecular complexity index is 1100. The fraction of sp³-hybridized carbons (Fsp3) is 0.600. The Balaban J connectivity index is 1.93. The maximum atomic E-state index is 7.33. The average molecular weight is 723 g/mol. The molecule has 1 aliphatic heterocycles. The lowest BCUT2D eigenvalue weighted by molar-refractivity contribution is -0.151. The third kappa shape index (κ3) is 8.46. The molecule has 0 saturated carbocycles. The standard InChI is InChI=1S/C35H55IO4Si2/c1-27(39-42(34(5,6)7,28-20-14-12-15-21-28)29-22-16-13-17-23-29)19-18-24-31(40-41(10,11)33(2,3)4)32-30(25-26-36)37-35(8,9)38-32/h12-18,20-24,27,30-32H,19,25-26H2,1-11H3/t27-,30+,31?,32+/m1/s1. The van der Waals surface area contributed by atoms with Gasteiger partial charge in [0.2, 0.25) is 0 Å². The number of hydrogen-bond donors (Lipinski definition) is 0. The summed E-state index contributed by atoms with van der Waals surface area (Å²) in [4.78, 5) is 0. The van der Waals surface area contributed by atoms with Crippen LogP contribution in [0, 0.1) is 0 Å². The molecule has 234 valence electrons. The van der Waals surface area contributed by atoms with E-state index in [0.717, 1.165) is 17.3 Å². The minimum Gasteiger partial charge on any atom is -0.408 e. The van der Waals surface area contributed by atoms with Crippen LogP contribution < -0.4 is 10.4 Å². The number of ether oxygens (including phenoxy) is 2. The van der Waals surface area contributed by atoms with Crippen LogP contribution in [0.4, 0.5) is 0 Å². The fourth-order valence-electron chi connectivity index (χ4n) is 5.65. The van der Waals surface area contributed by atoms with Crippen LogP contribution in [0.5, 0.6) is 0 Å². The first kappa shape index (κ1) is 35.7. The summed E-state index contributed by atoms with van der Waals surface area (Å²) in [5, 5.41) is 2.64. The predicted molar refractivity (Wildman–Crippen MR) is 191 cm³/mol. The Morgan fingerprint density at radius 3 is 1.83 bits per heavy atom. The van der Waals surface area contributed by atoms with Crippen molar-refractivity contribution in [2.75, 3.05) is 4.43 Å². The van der Waals surface area contributed by atoms with Crippen molar-refractivity contribution < 1.29 is 18.3 Å². The number of hydrogen-bond acceptors (Lipinski definition) is 4. The number of benzene rings is 2. The molecule has 0 aliphatic carbocycles. The van der Waals surface area contributed by atoms with Crippen LogP contribution in [0.15, 0.2) is 72.8 Å². The van der Waals surface area contributed by atoms with E-state index in [2.05, 4.69) is 157 Å². The lowest BCUT2D eigenvalue weighted by Gasteiger charge is -2.44. The molecule has 0 spiro atoms. The van der Waals surface area contributed by atoms with Gasteiger partial charge in [-0.25, -0.2) is 0 Å². The molecular weight excluding hydrogens is 667 g/mol. The van der Waals surface area contributed by atoms with Gasteiger partial charge in [0.15, 0.2) is 14.1 Å². The zero-order chi connectivity index (χ0) is 31.4. The maximum Gasteiger partial charge on any atom is 0.261 e. The summed E-state index contributed by atoms with van der Waals surface area (Å²) in [5.74, 6) is -0.621. The second-order valence-electron chi connectivity index (χ2n) is 14.7. The molecule has 0 amide bonds. The predicted octanol–water partition coefficient (Wildman–Crippen LogP) is 8.63. The number of halogens is 1. The van der Waals surface area contributed by atoms with Gasteiger partial charge in [0.1, 0.15) is 6.10 Å². The molecule has 4 atom stereocenters. The zero-order valence-corrected chi connectivity index (χ0v) is 32.0. The van der Waals surface area contributed by atoms with Gasteiger partial charge in [-0.05, 0) is 67.2 Å². The van der Waals surface area contributed by atoms with E-state index in [0.29, 0.717) is 0 Å². The molecular formula is C35H55IO4Si2. The van der Waals surface area contributed by atoms with E-state index in [9.17, 15) is 0 Å². The molecule has 3 rings (SSSR count). The third-order valence-electron chi connectivity index (χ3n) is 8.76. The summed E-state index contributed by atoms with van der Waals surface area (Å²) in [5.41, 5.74) is 0. The molecule has 0 bridgehead atoms. The summed E-state index contributed by atoms with van der Waals surface area (Å²) in [6, 6.07) is 21.7. The minimum absolute atomic E-state index is 0.00195. The molecule has 2 aromatic carbocycles. The first-order valence-corrected chi connectivity index (χ1v) is 21.8. The molecule has 1 fully saturated rings. The summed E-state index contributed by atoms with van der Waals surface area (Å²) in [6.45, 7) is 24.7. The topological polar surface area (TPSA) is 36.9 Å². The van der Waals surface area contributed by atoms with Crippen LogP contribution in [0.1, 0.15) is 75.2 Å². The van der Waals surface area contributed by atoms with Gasteiger partial charge in [0.05, 0.1) is 12.2 Å². The summed E-state index contributed by atoms with van der Waals surface area (Å²) in [7, 11) is -4.70. The molecule has 1 unspecified atom stereocenters. The van der Waals surface area contributed by atoms with Gasteiger partial charge < -0.3 is 18.3 Å². The van der Waals surface area contributed by atoms with Crippen molar-refractivity contribution in [3.8, 4) is 0 Å². The van der Waals surface area contributed by atoms with Crippen molar-refractivity contribution in [2.45, 2.75) is 129 Å². The molecule has 0 aromatic heterocycles. The third-order valence-corrected chi connectivity index (χ3v) is 19.0. The average Bonchev–Trinajstić information content (AvgIpc) is 3.20. The normalized spacial score (nSPS) is 21.5. The summed E-state index contributed by atoms with van der Waals surface area (Å²) in [6.07, 6.45) is 5.92. The molecule has 2 aromatic rings. The van der Waals surface area contributed by atoms with Gasteiger partial charge in [-0.15, -0.1) is 0 Å². The van der Waals surface area contributed by atoms with E-state index in [1.54, 1.807) is 0 Å². The van der Waals surface area contributed by atoms with Crippen molar-refractivity contribution in [3.63, 3.8) is 0 Å². The van der Waals surface area contributed by atoms with Crippen LogP contribution in [-0.2, 0) is 18.3 Å². The fourth-order valence-corrected chi connectivity index (χ4v) is 12.2. The van der Waals surface area contributed by atoms with Crippen LogP contribution in [-0.4, -0.2) is 51.3 Å².